The molecular formula is C13H12FNO2S. The molecule has 18 heavy (non-hydrogen) atoms. The number of nitrogens with zero attached hydrogens (tertiary/aromatic N) is 1. The summed E-state index contributed by atoms with van der Waals surface area (Å²) in [5, 5.41) is 0.327. The summed E-state index contributed by atoms with van der Waals surface area (Å²) in [6, 6.07) is 6.12. The van der Waals surface area contributed by atoms with Crippen molar-refractivity contribution in [1.82, 2.24) is 4.98 Å². The molecule has 0 bridgehead atoms. The van der Waals surface area contributed by atoms with Gasteiger partial charge in [-0.15, -0.1) is 11.3 Å². The molecule has 94 valence electrons. The molecule has 0 aliphatic heterocycles. The number of thiazole rings is 1. The van der Waals surface area contributed by atoms with E-state index in [1.807, 2.05) is 6.92 Å². The maximum atomic E-state index is 12.9. The largest absolute Gasteiger partial charge is 0.461 e. The molecule has 0 atom stereocenters. The molecular weight excluding hydrogens is 253 g/mol. The highest BCUT2D eigenvalue weighted by Gasteiger charge is 2.16. The molecule has 0 spiro atoms. The first-order chi connectivity index (χ1) is 8.61. The van der Waals surface area contributed by atoms with E-state index >= 15 is 0 Å². The number of carbonyl (C=O) groups excluding carboxylic acids is 1. The third kappa shape index (κ3) is 2.56. The third-order valence-corrected chi connectivity index (χ3v) is 3.54. The van der Waals surface area contributed by atoms with Crippen LogP contribution in [0.3, 0.4) is 0 Å². The zero-order chi connectivity index (χ0) is 13.1. The Morgan fingerprint density at radius 3 is 2.67 bits per heavy atom. The van der Waals surface area contributed by atoms with Crippen LogP contribution in [-0.4, -0.2) is 17.6 Å². The molecule has 0 unspecified atom stereocenters. The van der Waals surface area contributed by atoms with Crippen LogP contribution in [0.15, 0.2) is 24.3 Å². The van der Waals surface area contributed by atoms with E-state index in [4.69, 9.17) is 4.74 Å². The number of ether oxygens (including phenoxy) is 1. The number of halogens is 1. The minimum atomic E-state index is -0.418. The zero-order valence-electron chi connectivity index (χ0n) is 10.1. The fourth-order valence-electron chi connectivity index (χ4n) is 1.55. The number of benzene rings is 1. The Kier molecular flexibility index (Phi) is 3.72. The van der Waals surface area contributed by atoms with Crippen molar-refractivity contribution in [2.24, 2.45) is 0 Å². The van der Waals surface area contributed by atoms with Crippen LogP contribution in [0.2, 0.25) is 0 Å². The van der Waals surface area contributed by atoms with E-state index in [0.717, 1.165) is 16.1 Å². The van der Waals surface area contributed by atoms with Gasteiger partial charge in [0.15, 0.2) is 0 Å². The molecule has 0 aliphatic carbocycles. The van der Waals surface area contributed by atoms with Crippen LogP contribution in [0.1, 0.15) is 22.4 Å². The Hall–Kier alpha value is -1.75. The lowest BCUT2D eigenvalue weighted by atomic mass is 10.1. The van der Waals surface area contributed by atoms with E-state index in [0.29, 0.717) is 11.6 Å². The van der Waals surface area contributed by atoms with Crippen LogP contribution in [-0.2, 0) is 4.74 Å². The maximum Gasteiger partial charge on any atom is 0.367 e. The summed E-state index contributed by atoms with van der Waals surface area (Å²) in [6.45, 7) is 3.89. The van der Waals surface area contributed by atoms with Crippen molar-refractivity contribution in [1.29, 1.82) is 0 Å². The van der Waals surface area contributed by atoms with Gasteiger partial charge in [0.1, 0.15) is 5.82 Å². The van der Waals surface area contributed by atoms with Gasteiger partial charge >= 0.3 is 5.97 Å². The number of hydrogen-bond acceptors (Lipinski definition) is 4. The van der Waals surface area contributed by atoms with Gasteiger partial charge in [0.2, 0.25) is 5.01 Å². The highest BCUT2D eigenvalue weighted by atomic mass is 32.1. The number of hydrogen-bond donors (Lipinski definition) is 0. The normalized spacial score (nSPS) is 10.4. The van der Waals surface area contributed by atoms with Gasteiger partial charge < -0.3 is 4.74 Å². The van der Waals surface area contributed by atoms with Gasteiger partial charge in [0.05, 0.1) is 17.2 Å². The van der Waals surface area contributed by atoms with E-state index < -0.39 is 5.97 Å². The average Bonchev–Trinajstić information content (AvgIpc) is 2.73. The summed E-state index contributed by atoms with van der Waals surface area (Å²) < 4.78 is 17.8. The van der Waals surface area contributed by atoms with Gasteiger partial charge in [-0.2, -0.15) is 0 Å². The predicted molar refractivity (Wildman–Crippen MR) is 68.2 cm³/mol. The summed E-state index contributed by atoms with van der Waals surface area (Å²) in [5.41, 5.74) is 1.59. The first-order valence-electron chi connectivity index (χ1n) is 5.52. The van der Waals surface area contributed by atoms with Crippen molar-refractivity contribution in [3.63, 3.8) is 0 Å². The molecule has 0 radical (unpaired) electrons. The van der Waals surface area contributed by atoms with Crippen molar-refractivity contribution >= 4 is 17.3 Å². The first-order valence-corrected chi connectivity index (χ1v) is 6.34. The predicted octanol–water partition coefficient (Wildman–Crippen LogP) is 3.43. The minimum absolute atomic E-state index is 0.286. The maximum absolute atomic E-state index is 12.9. The standard InChI is InChI=1S/C13H12FNO2S/c1-3-17-13(16)12-15-8(2)11(18-12)9-4-6-10(14)7-5-9/h4-7H,3H2,1-2H3. The Balaban J connectivity index is 2.34. The third-order valence-electron chi connectivity index (χ3n) is 2.35. The summed E-state index contributed by atoms with van der Waals surface area (Å²) >= 11 is 1.26. The molecule has 0 saturated carbocycles. The van der Waals surface area contributed by atoms with Gasteiger partial charge in [-0.1, -0.05) is 12.1 Å². The molecule has 2 aromatic rings. The molecule has 0 aliphatic rings. The van der Waals surface area contributed by atoms with E-state index in [9.17, 15) is 9.18 Å². The molecule has 0 amide bonds. The number of aryl methyl sites for hydroxylation is 1. The first kappa shape index (κ1) is 12.7. The van der Waals surface area contributed by atoms with E-state index in [-0.39, 0.29) is 5.82 Å². The van der Waals surface area contributed by atoms with Gasteiger partial charge in [0, 0.05) is 0 Å². The molecule has 0 fully saturated rings. The molecule has 1 aromatic carbocycles. The summed E-state index contributed by atoms with van der Waals surface area (Å²) in [4.78, 5) is 16.6. The van der Waals surface area contributed by atoms with Crippen LogP contribution >= 0.6 is 11.3 Å². The lowest BCUT2D eigenvalue weighted by molar-refractivity contribution is 0.0525. The Bertz CT molecular complexity index is 563. The van der Waals surface area contributed by atoms with Crippen molar-refractivity contribution in [3.8, 4) is 10.4 Å². The van der Waals surface area contributed by atoms with Crippen molar-refractivity contribution in [3.05, 3.63) is 40.8 Å². The van der Waals surface area contributed by atoms with Crippen LogP contribution < -0.4 is 0 Å². The molecule has 3 nitrogen and oxygen atoms in total. The molecule has 1 aromatic heterocycles. The smallest absolute Gasteiger partial charge is 0.367 e. The van der Waals surface area contributed by atoms with Gasteiger partial charge in [-0.3, -0.25) is 0 Å². The summed E-state index contributed by atoms with van der Waals surface area (Å²) in [7, 11) is 0. The molecule has 5 heteroatoms. The second kappa shape index (κ2) is 5.27. The SMILES string of the molecule is CCOC(=O)c1nc(C)c(-c2ccc(F)cc2)s1. The molecule has 2 rings (SSSR count). The monoisotopic (exact) mass is 265 g/mol. The number of rotatable bonds is 3. The highest BCUT2D eigenvalue weighted by molar-refractivity contribution is 7.17. The number of aromatic nitrogens is 1. The zero-order valence-corrected chi connectivity index (χ0v) is 10.9. The van der Waals surface area contributed by atoms with Crippen LogP contribution in [0.5, 0.6) is 0 Å². The van der Waals surface area contributed by atoms with Crippen LogP contribution in [0.4, 0.5) is 4.39 Å². The van der Waals surface area contributed by atoms with Gasteiger partial charge in [-0.25, -0.2) is 14.2 Å². The molecule has 0 saturated heterocycles. The number of esters is 1. The van der Waals surface area contributed by atoms with Gasteiger partial charge in [0.25, 0.3) is 0 Å². The van der Waals surface area contributed by atoms with Crippen LogP contribution in [0, 0.1) is 12.7 Å². The lowest BCUT2D eigenvalue weighted by Gasteiger charge is -1.97. The van der Waals surface area contributed by atoms with Gasteiger partial charge in [-0.05, 0) is 31.5 Å². The molecule has 0 N–H and O–H groups in total. The average molecular weight is 265 g/mol. The number of carbonyl (C=O) groups is 1. The fourth-order valence-corrected chi connectivity index (χ4v) is 2.51. The minimum Gasteiger partial charge on any atom is -0.461 e. The second-order valence-electron chi connectivity index (χ2n) is 3.66. The van der Waals surface area contributed by atoms with E-state index in [1.165, 1.54) is 23.5 Å². The van der Waals surface area contributed by atoms with Crippen molar-refractivity contribution in [2.45, 2.75) is 13.8 Å². The summed E-state index contributed by atoms with van der Waals surface area (Å²) in [5.74, 6) is -0.703. The lowest BCUT2D eigenvalue weighted by Crippen LogP contribution is -2.03. The Morgan fingerprint density at radius 2 is 2.06 bits per heavy atom. The van der Waals surface area contributed by atoms with Crippen molar-refractivity contribution < 1.29 is 13.9 Å². The van der Waals surface area contributed by atoms with E-state index in [1.54, 1.807) is 19.1 Å². The highest BCUT2D eigenvalue weighted by Crippen LogP contribution is 2.30. The van der Waals surface area contributed by atoms with E-state index in [2.05, 4.69) is 4.98 Å². The fraction of sp³-hybridized carbons (Fsp3) is 0.231. The summed E-state index contributed by atoms with van der Waals surface area (Å²) in [6.07, 6.45) is 0. The topological polar surface area (TPSA) is 39.2 Å². The second-order valence-corrected chi connectivity index (χ2v) is 4.66. The Morgan fingerprint density at radius 1 is 1.39 bits per heavy atom. The van der Waals surface area contributed by atoms with Crippen molar-refractivity contribution in [2.75, 3.05) is 6.61 Å². The molecule has 1 heterocycles. The Labute approximate surface area is 108 Å². The quantitative estimate of drug-likeness (QED) is 0.798. The van der Waals surface area contributed by atoms with Crippen LogP contribution in [0.25, 0.3) is 10.4 Å².